The van der Waals surface area contributed by atoms with Crippen LogP contribution in [0.25, 0.3) is 0 Å². The Kier molecular flexibility index (Phi) is 7.02. The number of carbonyl (C=O) groups excluding carboxylic acids is 1. The molecule has 7 nitrogen and oxygen atoms in total. The summed E-state index contributed by atoms with van der Waals surface area (Å²) >= 11 is 1.34. The number of amides is 1. The second-order valence-corrected chi connectivity index (χ2v) is 10.5. The minimum Gasteiger partial charge on any atom is -0.497 e. The molecule has 0 bridgehead atoms. The Balaban J connectivity index is 1.65. The van der Waals surface area contributed by atoms with Crippen molar-refractivity contribution in [1.29, 1.82) is 0 Å². The summed E-state index contributed by atoms with van der Waals surface area (Å²) in [6.07, 6.45) is 0.942. The topological polar surface area (TPSA) is 79.8 Å². The quantitative estimate of drug-likeness (QED) is 0.477. The van der Waals surface area contributed by atoms with Crippen LogP contribution in [0.3, 0.4) is 0 Å². The Hall–Kier alpha value is -2.88. The van der Waals surface area contributed by atoms with Crippen LogP contribution in [0.1, 0.15) is 17.3 Å². The summed E-state index contributed by atoms with van der Waals surface area (Å²) in [7, 11) is -2.24. The smallest absolute Gasteiger partial charge is 0.245 e. The van der Waals surface area contributed by atoms with Crippen LogP contribution < -0.4 is 4.74 Å². The SMILES string of the molecule is COc1ccc([C@@H]2N(C(=O)CSc3ccccn3)CCN2S(=O)(=O)c2ccc(C)cc2)cc1. The number of methoxy groups -OCH3 is 1. The number of aromatic nitrogens is 1. The standard InChI is InChI=1S/C24H25N3O4S2/c1-18-6-12-21(13-7-18)33(29,30)27-16-15-26(23(28)17-32-22-5-3-4-14-25-22)24(27)19-8-10-20(31-2)11-9-19/h3-14,24H,15-17H2,1-2H3/t24-/m1/s1. The Labute approximate surface area is 198 Å². The summed E-state index contributed by atoms with van der Waals surface area (Å²) in [5, 5.41) is 0.746. The Morgan fingerprint density at radius 2 is 1.79 bits per heavy atom. The van der Waals surface area contributed by atoms with Crippen LogP contribution in [-0.4, -0.2) is 54.5 Å². The molecule has 0 N–H and O–H groups in total. The fourth-order valence-corrected chi connectivity index (χ4v) is 6.06. The van der Waals surface area contributed by atoms with Gasteiger partial charge in [-0.3, -0.25) is 4.79 Å². The molecule has 0 saturated carbocycles. The van der Waals surface area contributed by atoms with Crippen molar-refractivity contribution in [2.45, 2.75) is 23.0 Å². The largest absolute Gasteiger partial charge is 0.497 e. The number of thioether (sulfide) groups is 1. The molecule has 172 valence electrons. The average Bonchev–Trinajstić information content (AvgIpc) is 3.30. The molecule has 0 radical (unpaired) electrons. The van der Waals surface area contributed by atoms with Gasteiger partial charge in [0.2, 0.25) is 15.9 Å². The first kappa shape index (κ1) is 23.3. The number of ether oxygens (including phenoxy) is 1. The molecule has 1 amide bonds. The van der Waals surface area contributed by atoms with Crippen molar-refractivity contribution in [1.82, 2.24) is 14.2 Å². The number of aryl methyl sites for hydroxylation is 1. The summed E-state index contributed by atoms with van der Waals surface area (Å²) in [4.78, 5) is 19.3. The number of hydrogen-bond acceptors (Lipinski definition) is 6. The number of pyridine rings is 1. The number of nitrogens with zero attached hydrogens (tertiary/aromatic N) is 3. The van der Waals surface area contributed by atoms with Gasteiger partial charge in [-0.05, 0) is 48.9 Å². The second-order valence-electron chi connectivity index (χ2n) is 7.62. The van der Waals surface area contributed by atoms with E-state index in [0.717, 1.165) is 10.6 Å². The van der Waals surface area contributed by atoms with E-state index in [0.29, 0.717) is 17.9 Å². The highest BCUT2D eigenvalue weighted by atomic mass is 32.2. The van der Waals surface area contributed by atoms with E-state index in [1.54, 1.807) is 66.7 Å². The molecule has 9 heteroatoms. The van der Waals surface area contributed by atoms with Crippen LogP contribution in [-0.2, 0) is 14.8 Å². The van der Waals surface area contributed by atoms with Crippen molar-refractivity contribution in [3.8, 4) is 5.75 Å². The third-order valence-electron chi connectivity index (χ3n) is 5.47. The van der Waals surface area contributed by atoms with Crippen LogP contribution in [0, 0.1) is 6.92 Å². The van der Waals surface area contributed by atoms with E-state index in [-0.39, 0.29) is 23.1 Å². The molecule has 1 aliphatic rings. The maximum absolute atomic E-state index is 13.5. The summed E-state index contributed by atoms with van der Waals surface area (Å²) in [6.45, 7) is 2.43. The Morgan fingerprint density at radius 1 is 1.06 bits per heavy atom. The van der Waals surface area contributed by atoms with Gasteiger partial charge in [0.25, 0.3) is 0 Å². The molecular weight excluding hydrogens is 458 g/mol. The molecule has 3 aromatic rings. The normalized spacial score (nSPS) is 16.7. The highest BCUT2D eigenvalue weighted by Gasteiger charge is 2.43. The van der Waals surface area contributed by atoms with Gasteiger partial charge in [-0.1, -0.05) is 47.7 Å². The number of rotatable bonds is 7. The van der Waals surface area contributed by atoms with Gasteiger partial charge in [0.1, 0.15) is 11.9 Å². The van der Waals surface area contributed by atoms with Crippen LogP contribution in [0.4, 0.5) is 0 Å². The van der Waals surface area contributed by atoms with Gasteiger partial charge in [0.15, 0.2) is 0 Å². The number of hydrogen-bond donors (Lipinski definition) is 0. The predicted octanol–water partition coefficient (Wildman–Crippen LogP) is 3.72. The third kappa shape index (κ3) is 5.05. The highest BCUT2D eigenvalue weighted by Crippen LogP contribution is 2.36. The molecule has 4 rings (SSSR count). The molecule has 2 aromatic carbocycles. The first-order chi connectivity index (χ1) is 15.9. The van der Waals surface area contributed by atoms with Crippen molar-refractivity contribution < 1.29 is 17.9 Å². The number of sulfonamides is 1. The lowest BCUT2D eigenvalue weighted by molar-refractivity contribution is -0.130. The van der Waals surface area contributed by atoms with Gasteiger partial charge in [0, 0.05) is 19.3 Å². The van der Waals surface area contributed by atoms with Gasteiger partial charge in [-0.15, -0.1) is 0 Å². The zero-order chi connectivity index (χ0) is 23.4. The Morgan fingerprint density at radius 3 is 2.42 bits per heavy atom. The number of benzene rings is 2. The summed E-state index contributed by atoms with van der Waals surface area (Å²) in [5.41, 5.74) is 1.69. The van der Waals surface area contributed by atoms with Crippen LogP contribution in [0.2, 0.25) is 0 Å². The molecule has 2 heterocycles. The van der Waals surface area contributed by atoms with E-state index >= 15 is 0 Å². The van der Waals surface area contributed by atoms with Gasteiger partial charge in [-0.25, -0.2) is 13.4 Å². The summed E-state index contributed by atoms with van der Waals surface area (Å²) < 4.78 is 33.7. The lowest BCUT2D eigenvalue weighted by Gasteiger charge is -2.30. The van der Waals surface area contributed by atoms with Gasteiger partial charge in [0.05, 0.1) is 22.8 Å². The van der Waals surface area contributed by atoms with Gasteiger partial charge < -0.3 is 9.64 Å². The van der Waals surface area contributed by atoms with Crippen molar-refractivity contribution in [3.05, 3.63) is 84.1 Å². The zero-order valence-electron chi connectivity index (χ0n) is 18.4. The van der Waals surface area contributed by atoms with Crippen molar-refractivity contribution in [2.24, 2.45) is 0 Å². The van der Waals surface area contributed by atoms with Crippen LogP contribution in [0.5, 0.6) is 5.75 Å². The van der Waals surface area contributed by atoms with Gasteiger partial charge in [-0.2, -0.15) is 4.31 Å². The summed E-state index contributed by atoms with van der Waals surface area (Å²) in [6, 6.07) is 19.5. The van der Waals surface area contributed by atoms with Crippen molar-refractivity contribution >= 4 is 27.7 Å². The molecule has 1 fully saturated rings. The predicted molar refractivity (Wildman–Crippen MR) is 127 cm³/mol. The van der Waals surface area contributed by atoms with E-state index in [2.05, 4.69) is 4.98 Å². The highest BCUT2D eigenvalue weighted by molar-refractivity contribution is 7.99. The molecule has 0 spiro atoms. The van der Waals surface area contributed by atoms with Crippen LogP contribution >= 0.6 is 11.8 Å². The fourth-order valence-electron chi connectivity index (χ4n) is 3.74. The molecule has 1 saturated heterocycles. The van der Waals surface area contributed by atoms with E-state index in [1.807, 2.05) is 25.1 Å². The van der Waals surface area contributed by atoms with Crippen molar-refractivity contribution in [3.63, 3.8) is 0 Å². The molecule has 33 heavy (non-hydrogen) atoms. The second kappa shape index (κ2) is 9.94. The third-order valence-corrected chi connectivity index (χ3v) is 8.27. The minimum absolute atomic E-state index is 0.145. The molecule has 1 aromatic heterocycles. The lowest BCUT2D eigenvalue weighted by atomic mass is 10.1. The maximum atomic E-state index is 13.5. The van der Waals surface area contributed by atoms with Crippen LogP contribution in [0.15, 0.2) is 82.8 Å². The monoisotopic (exact) mass is 483 g/mol. The summed E-state index contributed by atoms with van der Waals surface area (Å²) in [5.74, 6) is 0.684. The van der Waals surface area contributed by atoms with Gasteiger partial charge >= 0.3 is 0 Å². The molecule has 1 atom stereocenters. The first-order valence-electron chi connectivity index (χ1n) is 10.5. The molecule has 0 unspecified atom stereocenters. The molecular formula is C24H25N3O4S2. The fraction of sp³-hybridized carbons (Fsp3) is 0.250. The molecule has 1 aliphatic heterocycles. The van der Waals surface area contributed by atoms with E-state index in [1.165, 1.54) is 16.1 Å². The zero-order valence-corrected chi connectivity index (χ0v) is 20.1. The minimum atomic E-state index is -3.81. The molecule has 0 aliphatic carbocycles. The lowest BCUT2D eigenvalue weighted by Crippen LogP contribution is -2.38. The van der Waals surface area contributed by atoms with Crippen molar-refractivity contribution in [2.75, 3.05) is 26.0 Å². The van der Waals surface area contributed by atoms with E-state index < -0.39 is 16.2 Å². The van der Waals surface area contributed by atoms with E-state index in [9.17, 15) is 13.2 Å². The first-order valence-corrected chi connectivity index (χ1v) is 12.9. The van der Waals surface area contributed by atoms with E-state index in [4.69, 9.17) is 4.74 Å². The Bertz CT molecular complexity index is 1200. The maximum Gasteiger partial charge on any atom is 0.245 e. The average molecular weight is 484 g/mol. The number of carbonyl (C=O) groups is 1.